The minimum absolute atomic E-state index is 0.0405. The van der Waals surface area contributed by atoms with E-state index in [4.69, 9.17) is 21.1 Å². The predicted molar refractivity (Wildman–Crippen MR) is 149 cm³/mol. The summed E-state index contributed by atoms with van der Waals surface area (Å²) in [6.07, 6.45) is 3.02. The Labute approximate surface area is 229 Å². The van der Waals surface area contributed by atoms with Crippen LogP contribution in [0.2, 0.25) is 5.02 Å². The number of aryl methyl sites for hydroxylation is 1. The van der Waals surface area contributed by atoms with Gasteiger partial charge in [0.05, 0.1) is 28.4 Å². The third-order valence-corrected chi connectivity index (χ3v) is 7.85. The first-order chi connectivity index (χ1) is 17.7. The van der Waals surface area contributed by atoms with Gasteiger partial charge in [-0.15, -0.1) is 0 Å². The van der Waals surface area contributed by atoms with Gasteiger partial charge >= 0.3 is 0 Å². The molecule has 0 spiro atoms. The average molecular weight is 607 g/mol. The van der Waals surface area contributed by atoms with Crippen LogP contribution in [-0.4, -0.2) is 40.8 Å². The highest BCUT2D eigenvalue weighted by molar-refractivity contribution is 9.10. The van der Waals surface area contributed by atoms with Gasteiger partial charge in [-0.05, 0) is 70.4 Å². The summed E-state index contributed by atoms with van der Waals surface area (Å²) in [6, 6.07) is 16.1. The molecule has 0 aromatic heterocycles. The molecule has 3 rings (SSSR count). The summed E-state index contributed by atoms with van der Waals surface area (Å²) in [7, 11) is -2.56. The van der Waals surface area contributed by atoms with Crippen LogP contribution >= 0.6 is 27.5 Å². The summed E-state index contributed by atoms with van der Waals surface area (Å²) in [6.45, 7) is 5.21. The molecule has 0 aliphatic rings. The molecule has 0 bridgehead atoms. The number of hydrazone groups is 1. The van der Waals surface area contributed by atoms with Gasteiger partial charge in [-0.1, -0.05) is 48.5 Å². The smallest absolute Gasteiger partial charge is 0.264 e. The molecule has 3 aromatic carbocycles. The van der Waals surface area contributed by atoms with Gasteiger partial charge in [-0.25, -0.2) is 13.8 Å². The summed E-state index contributed by atoms with van der Waals surface area (Å²) >= 11 is 9.68. The second-order valence-electron chi connectivity index (χ2n) is 7.69. The lowest BCUT2D eigenvalue weighted by Gasteiger charge is -2.24. The zero-order valence-corrected chi connectivity index (χ0v) is 23.3. The van der Waals surface area contributed by atoms with Crippen LogP contribution in [0.4, 0.5) is 5.69 Å². The molecule has 0 atom stereocenters. The zero-order chi connectivity index (χ0) is 27.0. The fraction of sp³-hybridized carbons (Fsp3) is 0.154. The predicted octanol–water partition coefficient (Wildman–Crippen LogP) is 5.33. The molecule has 0 radical (unpaired) electrons. The summed E-state index contributed by atoms with van der Waals surface area (Å²) in [4.78, 5) is 12.8. The Morgan fingerprint density at radius 2 is 1.92 bits per heavy atom. The fourth-order valence-corrected chi connectivity index (χ4v) is 5.40. The van der Waals surface area contributed by atoms with Crippen molar-refractivity contribution in [1.29, 1.82) is 0 Å². The molecule has 0 aliphatic heterocycles. The minimum atomic E-state index is -4.06. The van der Waals surface area contributed by atoms with Gasteiger partial charge in [0.1, 0.15) is 13.2 Å². The van der Waals surface area contributed by atoms with Crippen molar-refractivity contribution in [2.24, 2.45) is 5.10 Å². The normalized spacial score (nSPS) is 11.2. The molecule has 0 heterocycles. The molecular formula is C26H25BrClN3O5S. The Balaban J connectivity index is 1.82. The van der Waals surface area contributed by atoms with Gasteiger partial charge in [-0.3, -0.25) is 9.10 Å². The van der Waals surface area contributed by atoms with E-state index in [-0.39, 0.29) is 10.6 Å². The van der Waals surface area contributed by atoms with Crippen molar-refractivity contribution in [3.8, 4) is 11.5 Å². The van der Waals surface area contributed by atoms with Crippen molar-refractivity contribution in [3.05, 3.63) is 93.9 Å². The first-order valence-corrected chi connectivity index (χ1v) is 13.6. The van der Waals surface area contributed by atoms with E-state index in [1.807, 2.05) is 0 Å². The van der Waals surface area contributed by atoms with E-state index in [0.717, 1.165) is 9.87 Å². The van der Waals surface area contributed by atoms with E-state index in [1.165, 1.54) is 31.5 Å². The molecule has 37 heavy (non-hydrogen) atoms. The monoisotopic (exact) mass is 605 g/mol. The summed E-state index contributed by atoms with van der Waals surface area (Å²) in [5.74, 6) is 0.312. The largest absolute Gasteiger partial charge is 0.493 e. The van der Waals surface area contributed by atoms with Gasteiger partial charge in [-0.2, -0.15) is 5.10 Å². The van der Waals surface area contributed by atoms with Gasteiger partial charge in [0.25, 0.3) is 15.9 Å². The number of anilines is 1. The Morgan fingerprint density at radius 1 is 1.19 bits per heavy atom. The molecule has 194 valence electrons. The van der Waals surface area contributed by atoms with Crippen LogP contribution in [0.1, 0.15) is 11.1 Å². The highest BCUT2D eigenvalue weighted by atomic mass is 79.9. The second kappa shape index (κ2) is 12.8. The van der Waals surface area contributed by atoms with E-state index in [2.05, 4.69) is 33.0 Å². The summed E-state index contributed by atoms with van der Waals surface area (Å²) in [5.41, 5.74) is 4.01. The standard InChI is InChI=1S/C26H25BrClN3O5S/c1-4-12-36-26-22(27)13-19(14-24(26)35-3)16-29-30-25(32)17-31(20-11-10-18(2)23(28)15-20)37(33,34)21-8-6-5-7-9-21/h4-11,13-16H,1,12,17H2,2-3H3,(H,30,32)/b29-16+. The molecular weight excluding hydrogens is 582 g/mol. The van der Waals surface area contributed by atoms with Crippen molar-refractivity contribution >= 4 is 55.4 Å². The van der Waals surface area contributed by atoms with Crippen molar-refractivity contribution in [3.63, 3.8) is 0 Å². The zero-order valence-electron chi connectivity index (χ0n) is 20.1. The van der Waals surface area contributed by atoms with Crippen LogP contribution in [0.3, 0.4) is 0 Å². The Bertz CT molecular complexity index is 1420. The van der Waals surface area contributed by atoms with E-state index in [1.54, 1.807) is 55.5 Å². The number of rotatable bonds is 11. The number of carbonyl (C=O) groups excluding carboxylic acids is 1. The first kappa shape index (κ1) is 28.2. The molecule has 1 amide bonds. The lowest BCUT2D eigenvalue weighted by atomic mass is 10.2. The van der Waals surface area contributed by atoms with Crippen LogP contribution < -0.4 is 19.2 Å². The van der Waals surface area contributed by atoms with Crippen molar-refractivity contribution in [2.75, 3.05) is 24.6 Å². The van der Waals surface area contributed by atoms with E-state index >= 15 is 0 Å². The van der Waals surface area contributed by atoms with Crippen LogP contribution in [0.5, 0.6) is 11.5 Å². The van der Waals surface area contributed by atoms with Crippen LogP contribution in [0, 0.1) is 6.92 Å². The molecule has 3 aromatic rings. The number of hydrogen-bond acceptors (Lipinski definition) is 6. The third-order valence-electron chi connectivity index (χ3n) is 5.06. The molecule has 0 unspecified atom stereocenters. The molecule has 0 saturated heterocycles. The van der Waals surface area contributed by atoms with Gasteiger partial charge in [0.15, 0.2) is 11.5 Å². The molecule has 8 nitrogen and oxygen atoms in total. The number of nitrogens with zero attached hydrogens (tertiary/aromatic N) is 2. The highest BCUT2D eigenvalue weighted by Crippen LogP contribution is 2.36. The van der Waals surface area contributed by atoms with E-state index in [9.17, 15) is 13.2 Å². The average Bonchev–Trinajstić information content (AvgIpc) is 2.88. The number of sulfonamides is 1. The van der Waals surface area contributed by atoms with Crippen LogP contribution in [0.15, 0.2) is 87.8 Å². The Kier molecular flexibility index (Phi) is 9.73. The quantitative estimate of drug-likeness (QED) is 0.181. The number of benzene rings is 3. The lowest BCUT2D eigenvalue weighted by molar-refractivity contribution is -0.119. The topological polar surface area (TPSA) is 97.3 Å². The number of halogens is 2. The SMILES string of the molecule is C=CCOc1c(Br)cc(/C=N/NC(=O)CN(c2ccc(C)c(Cl)c2)S(=O)(=O)c2ccccc2)cc1OC. The number of carbonyl (C=O) groups is 1. The molecule has 1 N–H and O–H groups in total. The van der Waals surface area contributed by atoms with Gasteiger partial charge < -0.3 is 9.47 Å². The maximum Gasteiger partial charge on any atom is 0.264 e. The molecule has 0 aliphatic carbocycles. The Hall–Kier alpha value is -3.34. The van der Waals surface area contributed by atoms with Crippen molar-refractivity contribution in [1.82, 2.24) is 5.43 Å². The van der Waals surface area contributed by atoms with Crippen molar-refractivity contribution < 1.29 is 22.7 Å². The number of ether oxygens (including phenoxy) is 2. The summed E-state index contributed by atoms with van der Waals surface area (Å²) in [5, 5.41) is 4.36. The molecule has 0 fully saturated rings. The van der Waals surface area contributed by atoms with Crippen molar-refractivity contribution in [2.45, 2.75) is 11.8 Å². The maximum atomic E-state index is 13.4. The van der Waals surface area contributed by atoms with Gasteiger partial charge in [0, 0.05) is 5.02 Å². The number of methoxy groups -OCH3 is 1. The molecule has 0 saturated carbocycles. The highest BCUT2D eigenvalue weighted by Gasteiger charge is 2.27. The fourth-order valence-electron chi connectivity index (χ4n) is 3.21. The molecule has 11 heteroatoms. The second-order valence-corrected chi connectivity index (χ2v) is 10.8. The number of amides is 1. The van der Waals surface area contributed by atoms with Crippen LogP contribution in [-0.2, 0) is 14.8 Å². The summed E-state index contributed by atoms with van der Waals surface area (Å²) < 4.78 is 39.4. The van der Waals surface area contributed by atoms with E-state index < -0.39 is 22.5 Å². The maximum absolute atomic E-state index is 13.4. The Morgan fingerprint density at radius 3 is 2.57 bits per heavy atom. The van der Waals surface area contributed by atoms with E-state index in [0.29, 0.717) is 33.2 Å². The third kappa shape index (κ3) is 7.12. The number of hydrogen-bond donors (Lipinski definition) is 1. The van der Waals surface area contributed by atoms with Crippen LogP contribution in [0.25, 0.3) is 0 Å². The minimum Gasteiger partial charge on any atom is -0.493 e. The van der Waals surface area contributed by atoms with Gasteiger partial charge in [0.2, 0.25) is 0 Å². The number of nitrogens with one attached hydrogen (secondary N) is 1. The first-order valence-electron chi connectivity index (χ1n) is 10.9. The lowest BCUT2D eigenvalue weighted by Crippen LogP contribution is -2.39.